The normalized spacial score (nSPS) is 33.0. The number of ether oxygens (including phenoxy) is 1. The van der Waals surface area contributed by atoms with Crippen molar-refractivity contribution < 1.29 is 9.84 Å². The van der Waals surface area contributed by atoms with E-state index in [2.05, 4.69) is 6.92 Å². The molecule has 2 atom stereocenters. The molecule has 0 bridgehead atoms. The van der Waals surface area contributed by atoms with Crippen molar-refractivity contribution in [2.45, 2.75) is 38.9 Å². The van der Waals surface area contributed by atoms with E-state index in [0.717, 1.165) is 13.0 Å². The summed E-state index contributed by atoms with van der Waals surface area (Å²) in [6.07, 6.45) is 4.10. The number of hydrogen-bond acceptors (Lipinski definition) is 2. The van der Waals surface area contributed by atoms with Crippen LogP contribution < -0.4 is 0 Å². The molecule has 0 aliphatic carbocycles. The van der Waals surface area contributed by atoms with E-state index in [9.17, 15) is 0 Å². The highest BCUT2D eigenvalue weighted by Gasteiger charge is 2.22. The molecule has 2 heteroatoms. The third kappa shape index (κ3) is 2.27. The van der Waals surface area contributed by atoms with Crippen molar-refractivity contribution in [1.82, 2.24) is 0 Å². The minimum atomic E-state index is -0.471. The molecule has 0 amide bonds. The third-order valence-electron chi connectivity index (χ3n) is 2.03. The average Bonchev–Trinajstić information content (AvgIpc) is 2.31. The van der Waals surface area contributed by atoms with Crippen LogP contribution in [0.1, 0.15) is 32.6 Å². The Kier molecular flexibility index (Phi) is 3.16. The highest BCUT2D eigenvalue weighted by molar-refractivity contribution is 4.66. The molecule has 1 N–H and O–H groups in total. The molecule has 2 nitrogen and oxygen atoms in total. The summed E-state index contributed by atoms with van der Waals surface area (Å²) in [5.41, 5.74) is 0. The molecule has 1 aliphatic heterocycles. The van der Waals surface area contributed by atoms with E-state index in [4.69, 9.17) is 9.84 Å². The summed E-state index contributed by atoms with van der Waals surface area (Å²) in [7, 11) is 0. The zero-order valence-corrected chi connectivity index (χ0v) is 6.55. The van der Waals surface area contributed by atoms with Crippen molar-refractivity contribution in [1.29, 1.82) is 0 Å². The van der Waals surface area contributed by atoms with Gasteiger partial charge in [-0.2, -0.15) is 0 Å². The van der Waals surface area contributed by atoms with Crippen molar-refractivity contribution in [2.24, 2.45) is 5.92 Å². The molecular weight excluding hydrogens is 128 g/mol. The monoisotopic (exact) mass is 144 g/mol. The first-order chi connectivity index (χ1) is 4.83. The van der Waals surface area contributed by atoms with Gasteiger partial charge in [0.25, 0.3) is 0 Å². The lowest BCUT2D eigenvalue weighted by molar-refractivity contribution is -0.0591. The van der Waals surface area contributed by atoms with Gasteiger partial charge >= 0.3 is 0 Å². The summed E-state index contributed by atoms with van der Waals surface area (Å²) in [5, 5.41) is 8.98. The Hall–Kier alpha value is -0.0800. The predicted octanol–water partition coefficient (Wildman–Crippen LogP) is 1.53. The number of aliphatic hydroxyl groups is 1. The van der Waals surface area contributed by atoms with Crippen LogP contribution in [0.3, 0.4) is 0 Å². The Morgan fingerprint density at radius 2 is 2.40 bits per heavy atom. The van der Waals surface area contributed by atoms with Crippen molar-refractivity contribution in [3.8, 4) is 0 Å². The number of aliphatic hydroxyl groups excluding tert-OH is 1. The molecular formula is C8H16O2. The summed E-state index contributed by atoms with van der Waals surface area (Å²) in [4.78, 5) is 0. The summed E-state index contributed by atoms with van der Waals surface area (Å²) >= 11 is 0. The molecule has 1 rings (SSSR count). The van der Waals surface area contributed by atoms with Gasteiger partial charge in [0.15, 0.2) is 6.29 Å². The van der Waals surface area contributed by atoms with Crippen LogP contribution in [0, 0.1) is 5.92 Å². The first-order valence-corrected chi connectivity index (χ1v) is 4.12. The van der Waals surface area contributed by atoms with E-state index in [-0.39, 0.29) is 0 Å². The average molecular weight is 144 g/mol. The fraction of sp³-hybridized carbons (Fsp3) is 1.00. The number of rotatable bonds is 3. The van der Waals surface area contributed by atoms with Crippen LogP contribution in [0.15, 0.2) is 0 Å². The van der Waals surface area contributed by atoms with E-state index in [1.165, 1.54) is 19.3 Å². The Morgan fingerprint density at radius 3 is 2.90 bits per heavy atom. The van der Waals surface area contributed by atoms with Gasteiger partial charge in [-0.3, -0.25) is 0 Å². The highest BCUT2D eigenvalue weighted by atomic mass is 16.6. The molecule has 0 aromatic heterocycles. The molecule has 0 saturated carbocycles. The molecule has 2 unspecified atom stereocenters. The van der Waals surface area contributed by atoms with Crippen LogP contribution in [0.2, 0.25) is 0 Å². The maximum absolute atomic E-state index is 8.98. The molecule has 1 fully saturated rings. The molecule has 0 radical (unpaired) electrons. The Morgan fingerprint density at radius 1 is 1.60 bits per heavy atom. The Balaban J connectivity index is 2.06. The maximum Gasteiger partial charge on any atom is 0.154 e. The largest absolute Gasteiger partial charge is 0.368 e. The van der Waals surface area contributed by atoms with E-state index in [0.29, 0.717) is 5.92 Å². The molecule has 0 spiro atoms. The van der Waals surface area contributed by atoms with Crippen molar-refractivity contribution in [3.05, 3.63) is 0 Å². The van der Waals surface area contributed by atoms with Crippen LogP contribution in [-0.4, -0.2) is 18.0 Å². The van der Waals surface area contributed by atoms with Gasteiger partial charge in [-0.05, 0) is 12.3 Å². The molecule has 1 saturated heterocycles. The van der Waals surface area contributed by atoms with Gasteiger partial charge in [0.2, 0.25) is 0 Å². The number of hydrogen-bond donors (Lipinski definition) is 1. The maximum atomic E-state index is 8.98. The van der Waals surface area contributed by atoms with Crippen LogP contribution in [0.4, 0.5) is 0 Å². The van der Waals surface area contributed by atoms with Gasteiger partial charge in [0.05, 0.1) is 6.61 Å². The Labute approximate surface area is 62.2 Å². The zero-order chi connectivity index (χ0) is 7.40. The highest BCUT2D eigenvalue weighted by Crippen LogP contribution is 2.22. The summed E-state index contributed by atoms with van der Waals surface area (Å²) in [6, 6.07) is 0. The van der Waals surface area contributed by atoms with Gasteiger partial charge in [-0.25, -0.2) is 0 Å². The molecule has 0 aromatic rings. The molecule has 1 aliphatic rings. The number of unbranched alkanes of at least 4 members (excludes halogenated alkanes) is 1. The molecule has 10 heavy (non-hydrogen) atoms. The lowest BCUT2D eigenvalue weighted by Gasteiger charge is -2.03. The van der Waals surface area contributed by atoms with Crippen LogP contribution in [-0.2, 0) is 4.74 Å². The quantitative estimate of drug-likeness (QED) is 0.651. The second kappa shape index (κ2) is 3.94. The Bertz CT molecular complexity index is 93.3. The molecule has 60 valence electrons. The van der Waals surface area contributed by atoms with Gasteiger partial charge < -0.3 is 9.84 Å². The summed E-state index contributed by atoms with van der Waals surface area (Å²) in [5.74, 6) is 0.620. The molecule has 1 heterocycles. The van der Waals surface area contributed by atoms with Crippen molar-refractivity contribution in [2.75, 3.05) is 6.61 Å². The van der Waals surface area contributed by atoms with Crippen LogP contribution in [0.25, 0.3) is 0 Å². The molecule has 0 aromatic carbocycles. The second-order valence-corrected chi connectivity index (χ2v) is 3.03. The fourth-order valence-electron chi connectivity index (χ4n) is 1.36. The summed E-state index contributed by atoms with van der Waals surface area (Å²) in [6.45, 7) is 2.95. The summed E-state index contributed by atoms with van der Waals surface area (Å²) < 4.78 is 5.02. The van der Waals surface area contributed by atoms with Crippen molar-refractivity contribution in [3.63, 3.8) is 0 Å². The first kappa shape index (κ1) is 8.02. The van der Waals surface area contributed by atoms with Gasteiger partial charge in [0.1, 0.15) is 0 Å². The second-order valence-electron chi connectivity index (χ2n) is 3.03. The van der Waals surface area contributed by atoms with E-state index < -0.39 is 6.29 Å². The standard InChI is InChI=1S/C8H16O2/c1-2-3-4-7-5-8(9)10-6-7/h7-9H,2-6H2,1H3. The van der Waals surface area contributed by atoms with Crippen LogP contribution in [0.5, 0.6) is 0 Å². The minimum absolute atomic E-state index is 0.471. The first-order valence-electron chi connectivity index (χ1n) is 4.12. The topological polar surface area (TPSA) is 29.5 Å². The minimum Gasteiger partial charge on any atom is -0.368 e. The van der Waals surface area contributed by atoms with Gasteiger partial charge in [0, 0.05) is 6.42 Å². The SMILES string of the molecule is CCCCC1COC(O)C1. The van der Waals surface area contributed by atoms with E-state index in [1.807, 2.05) is 0 Å². The smallest absolute Gasteiger partial charge is 0.154 e. The van der Waals surface area contributed by atoms with Crippen molar-refractivity contribution >= 4 is 0 Å². The van der Waals surface area contributed by atoms with E-state index in [1.54, 1.807) is 0 Å². The van der Waals surface area contributed by atoms with Crippen LogP contribution >= 0.6 is 0 Å². The third-order valence-corrected chi connectivity index (χ3v) is 2.03. The van der Waals surface area contributed by atoms with E-state index >= 15 is 0 Å². The predicted molar refractivity (Wildman–Crippen MR) is 39.6 cm³/mol. The lowest BCUT2D eigenvalue weighted by atomic mass is 10.0. The fourth-order valence-corrected chi connectivity index (χ4v) is 1.36. The zero-order valence-electron chi connectivity index (χ0n) is 6.55. The van der Waals surface area contributed by atoms with Gasteiger partial charge in [-0.1, -0.05) is 19.8 Å². The van der Waals surface area contributed by atoms with Gasteiger partial charge in [-0.15, -0.1) is 0 Å². The lowest BCUT2D eigenvalue weighted by Crippen LogP contribution is -2.01.